The van der Waals surface area contributed by atoms with Gasteiger partial charge in [0.1, 0.15) is 0 Å². The third kappa shape index (κ3) is 67.6. The second-order valence-corrected chi connectivity index (χ2v) is 26.0. The Morgan fingerprint density at radius 2 is 0.580 bits per heavy atom. The Bertz CT molecular complexity index is 1220. The van der Waals surface area contributed by atoms with Crippen LogP contribution in [0.4, 0.5) is 0 Å². The van der Waals surface area contributed by atoms with Crippen LogP contribution in [0.3, 0.4) is 0 Å². The van der Waals surface area contributed by atoms with Crippen molar-refractivity contribution in [1.29, 1.82) is 0 Å². The standard InChI is InChI=1S/C75H147NO5/c1-3-5-7-9-11-13-15-17-19-21-23-24-25-28-32-35-39-43-47-51-55-59-63-67-73(78)72(71-77)76-74(79)68-64-60-56-52-48-44-40-36-33-29-26-27-30-34-38-42-46-50-54-58-62-66-70-81-75(80)69-65-61-57-53-49-45-41-37-31-22-20-18-16-14-12-10-8-6-4-2/h18,20,72-73,77-78H,3-17,19,21-71H2,1-2H3,(H,76,79)/b20-18-. The highest BCUT2D eigenvalue weighted by Gasteiger charge is 2.20. The van der Waals surface area contributed by atoms with Gasteiger partial charge in [-0.2, -0.15) is 0 Å². The molecule has 1 amide bonds. The molecule has 0 aromatic rings. The van der Waals surface area contributed by atoms with E-state index in [1.54, 1.807) is 0 Å². The zero-order valence-corrected chi connectivity index (χ0v) is 55.3. The van der Waals surface area contributed by atoms with Gasteiger partial charge in [0, 0.05) is 12.8 Å². The fourth-order valence-corrected chi connectivity index (χ4v) is 12.1. The second-order valence-electron chi connectivity index (χ2n) is 26.0. The molecule has 0 aromatic carbocycles. The summed E-state index contributed by atoms with van der Waals surface area (Å²) in [5.74, 6) is -0.0151. The summed E-state index contributed by atoms with van der Waals surface area (Å²) < 4.78 is 5.51. The van der Waals surface area contributed by atoms with E-state index in [4.69, 9.17) is 4.74 Å². The van der Waals surface area contributed by atoms with Gasteiger partial charge in [0.15, 0.2) is 0 Å². The van der Waals surface area contributed by atoms with E-state index < -0.39 is 12.1 Å². The maximum Gasteiger partial charge on any atom is 0.305 e. The van der Waals surface area contributed by atoms with Gasteiger partial charge in [-0.1, -0.05) is 379 Å². The largest absolute Gasteiger partial charge is 0.466 e. The lowest BCUT2D eigenvalue weighted by molar-refractivity contribution is -0.143. The zero-order chi connectivity index (χ0) is 58.5. The minimum Gasteiger partial charge on any atom is -0.466 e. The van der Waals surface area contributed by atoms with Crippen molar-refractivity contribution in [2.75, 3.05) is 13.2 Å². The van der Waals surface area contributed by atoms with E-state index in [9.17, 15) is 19.8 Å². The van der Waals surface area contributed by atoms with E-state index in [1.165, 1.54) is 353 Å². The first kappa shape index (κ1) is 79.6. The molecule has 0 aliphatic rings. The van der Waals surface area contributed by atoms with Crippen molar-refractivity contribution in [1.82, 2.24) is 5.32 Å². The molecule has 6 nitrogen and oxygen atoms in total. The van der Waals surface area contributed by atoms with Crippen LogP contribution in [-0.4, -0.2) is 47.4 Å². The van der Waals surface area contributed by atoms with E-state index in [2.05, 4.69) is 31.3 Å². The topological polar surface area (TPSA) is 95.9 Å². The number of carbonyl (C=O) groups is 2. The van der Waals surface area contributed by atoms with Crippen molar-refractivity contribution in [3.8, 4) is 0 Å². The Balaban J connectivity index is 3.36. The third-order valence-corrected chi connectivity index (χ3v) is 17.8. The van der Waals surface area contributed by atoms with Crippen LogP contribution in [0.1, 0.15) is 431 Å². The van der Waals surface area contributed by atoms with Gasteiger partial charge in [-0.05, 0) is 51.4 Å². The predicted molar refractivity (Wildman–Crippen MR) is 357 cm³/mol. The van der Waals surface area contributed by atoms with Gasteiger partial charge in [0.05, 0.1) is 25.4 Å². The summed E-state index contributed by atoms with van der Waals surface area (Å²) in [6, 6.07) is -0.543. The SMILES string of the molecule is CCCCCCCC/C=C\CCCCCCCCCCCC(=O)OCCCCCCCCCCCCCCCCCCCCCCCCC(=O)NC(CO)C(O)CCCCCCCCCCCCCCCCCCCCCCCCC. The van der Waals surface area contributed by atoms with E-state index >= 15 is 0 Å². The molecule has 2 unspecified atom stereocenters. The maximum atomic E-state index is 12.6. The van der Waals surface area contributed by atoms with Crippen molar-refractivity contribution < 1.29 is 24.5 Å². The molecule has 0 saturated carbocycles. The molecule has 2 atom stereocenters. The van der Waals surface area contributed by atoms with Crippen LogP contribution in [0, 0.1) is 0 Å². The summed E-state index contributed by atoms with van der Waals surface area (Å²) in [6.45, 7) is 5.00. The van der Waals surface area contributed by atoms with E-state index in [0.717, 1.165) is 44.9 Å². The minimum absolute atomic E-state index is 0.0144. The Morgan fingerprint density at radius 3 is 0.877 bits per heavy atom. The Labute approximate surface area is 508 Å². The van der Waals surface area contributed by atoms with Crippen molar-refractivity contribution in [3.63, 3.8) is 0 Å². The van der Waals surface area contributed by atoms with Gasteiger partial charge in [-0.25, -0.2) is 0 Å². The fourth-order valence-electron chi connectivity index (χ4n) is 12.1. The number of rotatable bonds is 71. The highest BCUT2D eigenvalue weighted by atomic mass is 16.5. The lowest BCUT2D eigenvalue weighted by atomic mass is 10.0. The van der Waals surface area contributed by atoms with Crippen LogP contribution >= 0.6 is 0 Å². The normalized spacial score (nSPS) is 12.5. The highest BCUT2D eigenvalue weighted by Crippen LogP contribution is 2.20. The molecule has 81 heavy (non-hydrogen) atoms. The van der Waals surface area contributed by atoms with Crippen LogP contribution < -0.4 is 5.32 Å². The number of amides is 1. The van der Waals surface area contributed by atoms with Gasteiger partial charge < -0.3 is 20.3 Å². The molecule has 0 aliphatic heterocycles. The number of aliphatic hydroxyl groups excluding tert-OH is 2. The molecule has 6 heteroatoms. The lowest BCUT2D eigenvalue weighted by Gasteiger charge is -2.22. The van der Waals surface area contributed by atoms with Gasteiger partial charge >= 0.3 is 5.97 Å². The molecule has 482 valence electrons. The number of esters is 1. The van der Waals surface area contributed by atoms with E-state index in [0.29, 0.717) is 25.9 Å². The maximum absolute atomic E-state index is 12.6. The van der Waals surface area contributed by atoms with Gasteiger partial charge in [-0.3, -0.25) is 9.59 Å². The molecule has 0 rings (SSSR count). The average Bonchev–Trinajstić information content (AvgIpc) is 3.47. The first-order valence-electron chi connectivity index (χ1n) is 37.4. The third-order valence-electron chi connectivity index (χ3n) is 17.8. The second kappa shape index (κ2) is 71.1. The molecular formula is C75H147NO5. The van der Waals surface area contributed by atoms with Crippen molar-refractivity contribution >= 4 is 11.9 Å². The number of carbonyl (C=O) groups excluding carboxylic acids is 2. The number of aliphatic hydroxyl groups is 2. The number of allylic oxidation sites excluding steroid dienone is 2. The molecule has 0 fully saturated rings. The average molecular weight is 1140 g/mol. The number of hydrogen-bond donors (Lipinski definition) is 3. The smallest absolute Gasteiger partial charge is 0.305 e. The number of nitrogens with one attached hydrogen (secondary N) is 1. The van der Waals surface area contributed by atoms with Crippen molar-refractivity contribution in [3.05, 3.63) is 12.2 Å². The monoisotopic (exact) mass is 1140 g/mol. The molecule has 0 radical (unpaired) electrons. The number of hydrogen-bond acceptors (Lipinski definition) is 5. The van der Waals surface area contributed by atoms with E-state index in [1.807, 2.05) is 0 Å². The van der Waals surface area contributed by atoms with Crippen LogP contribution in [0.2, 0.25) is 0 Å². The first-order valence-corrected chi connectivity index (χ1v) is 37.4. The van der Waals surface area contributed by atoms with Crippen LogP contribution in [0.5, 0.6) is 0 Å². The summed E-state index contributed by atoms with van der Waals surface area (Å²) in [5, 5.41) is 23.5. The number of unbranched alkanes of at least 4 members (excludes halogenated alkanes) is 58. The molecule has 0 bridgehead atoms. The molecule has 3 N–H and O–H groups in total. The molecule has 0 aromatic heterocycles. The van der Waals surface area contributed by atoms with Gasteiger partial charge in [-0.15, -0.1) is 0 Å². The Kier molecular flexibility index (Phi) is 69.9. The molecular weight excluding hydrogens is 995 g/mol. The van der Waals surface area contributed by atoms with Crippen molar-refractivity contribution in [2.24, 2.45) is 0 Å². The highest BCUT2D eigenvalue weighted by molar-refractivity contribution is 5.76. The van der Waals surface area contributed by atoms with E-state index in [-0.39, 0.29) is 18.5 Å². The molecule has 0 aliphatic carbocycles. The summed E-state index contributed by atoms with van der Waals surface area (Å²) in [4.78, 5) is 24.7. The summed E-state index contributed by atoms with van der Waals surface area (Å²) in [5.41, 5.74) is 0. The first-order chi connectivity index (χ1) is 40.0. The Morgan fingerprint density at radius 1 is 0.333 bits per heavy atom. The van der Waals surface area contributed by atoms with Gasteiger partial charge in [0.2, 0.25) is 5.91 Å². The quantitative estimate of drug-likeness (QED) is 0.0320. The van der Waals surface area contributed by atoms with Crippen LogP contribution in [0.15, 0.2) is 12.2 Å². The lowest BCUT2D eigenvalue weighted by Crippen LogP contribution is -2.45. The fraction of sp³-hybridized carbons (Fsp3) is 0.947. The zero-order valence-electron chi connectivity index (χ0n) is 55.3. The predicted octanol–water partition coefficient (Wildman–Crippen LogP) is 24.3. The Hall–Kier alpha value is -1.40. The van der Waals surface area contributed by atoms with Crippen LogP contribution in [0.25, 0.3) is 0 Å². The summed E-state index contributed by atoms with van der Waals surface area (Å²) >= 11 is 0. The van der Waals surface area contributed by atoms with Crippen LogP contribution in [-0.2, 0) is 14.3 Å². The summed E-state index contributed by atoms with van der Waals surface area (Å²) in [7, 11) is 0. The van der Waals surface area contributed by atoms with Gasteiger partial charge in [0.25, 0.3) is 0 Å². The number of ether oxygens (including phenoxy) is 1. The molecule has 0 saturated heterocycles. The minimum atomic E-state index is -0.665. The molecule has 0 heterocycles. The van der Waals surface area contributed by atoms with Crippen molar-refractivity contribution in [2.45, 2.75) is 443 Å². The summed E-state index contributed by atoms with van der Waals surface area (Å²) in [6.07, 6.45) is 88.4. The molecule has 0 spiro atoms.